The van der Waals surface area contributed by atoms with Gasteiger partial charge < -0.3 is 9.42 Å². The summed E-state index contributed by atoms with van der Waals surface area (Å²) in [6.45, 7) is 7.69. The van der Waals surface area contributed by atoms with Crippen molar-refractivity contribution in [2.45, 2.75) is 51.9 Å². The Hall–Kier alpha value is -2.24. The molecule has 0 radical (unpaired) electrons. The van der Waals surface area contributed by atoms with E-state index in [2.05, 4.69) is 24.0 Å². The molecule has 0 bridgehead atoms. The first-order valence-electron chi connectivity index (χ1n) is 9.52. The minimum atomic E-state index is -0.148. The van der Waals surface area contributed by atoms with Gasteiger partial charge in [-0.25, -0.2) is 0 Å². The van der Waals surface area contributed by atoms with Crippen LogP contribution in [0.2, 0.25) is 0 Å². The molecule has 4 rings (SSSR count). The van der Waals surface area contributed by atoms with Crippen LogP contribution in [0.1, 0.15) is 60.7 Å². The molecule has 0 unspecified atom stereocenters. The number of fused-ring (bicyclic) bond motifs is 1. The van der Waals surface area contributed by atoms with Gasteiger partial charge >= 0.3 is 0 Å². The maximum Gasteiger partial charge on any atom is 0.255 e. The maximum absolute atomic E-state index is 13.0. The van der Waals surface area contributed by atoms with E-state index in [9.17, 15) is 4.79 Å². The molecule has 1 saturated carbocycles. The van der Waals surface area contributed by atoms with Crippen molar-refractivity contribution in [2.24, 2.45) is 11.8 Å². The summed E-state index contributed by atoms with van der Waals surface area (Å²) in [6.07, 6.45) is 7.49. The van der Waals surface area contributed by atoms with Crippen molar-refractivity contribution in [3.63, 3.8) is 0 Å². The van der Waals surface area contributed by atoms with Crippen molar-refractivity contribution >= 4 is 5.91 Å². The Morgan fingerprint density at radius 2 is 2.31 bits per heavy atom. The Bertz CT molecular complexity index is 816. The van der Waals surface area contributed by atoms with Crippen molar-refractivity contribution in [3.05, 3.63) is 41.3 Å². The van der Waals surface area contributed by atoms with E-state index in [0.717, 1.165) is 43.6 Å². The van der Waals surface area contributed by atoms with Crippen LogP contribution >= 0.6 is 0 Å². The number of hydrogen-bond acceptors (Lipinski definition) is 5. The highest BCUT2D eigenvalue weighted by Gasteiger charge is 2.54. The average molecular weight is 354 g/mol. The fourth-order valence-electron chi connectivity index (χ4n) is 4.56. The summed E-state index contributed by atoms with van der Waals surface area (Å²) in [5.41, 5.74) is 1.51. The summed E-state index contributed by atoms with van der Waals surface area (Å²) < 4.78 is 5.52. The van der Waals surface area contributed by atoms with E-state index in [1.807, 2.05) is 17.9 Å². The van der Waals surface area contributed by atoms with Crippen LogP contribution < -0.4 is 0 Å². The van der Waals surface area contributed by atoms with Crippen molar-refractivity contribution in [1.82, 2.24) is 20.0 Å². The summed E-state index contributed by atoms with van der Waals surface area (Å²) in [5, 5.41) is 4.33. The van der Waals surface area contributed by atoms with Crippen molar-refractivity contribution in [1.29, 1.82) is 0 Å². The van der Waals surface area contributed by atoms with Gasteiger partial charge in [0.1, 0.15) is 0 Å². The lowest BCUT2D eigenvalue weighted by Gasteiger charge is -2.25. The third kappa shape index (κ3) is 2.81. The van der Waals surface area contributed by atoms with Gasteiger partial charge in [-0.2, -0.15) is 4.98 Å². The molecule has 2 fully saturated rings. The Labute approximate surface area is 154 Å². The third-order valence-corrected chi connectivity index (χ3v) is 5.92. The van der Waals surface area contributed by atoms with E-state index < -0.39 is 0 Å². The van der Waals surface area contributed by atoms with E-state index in [1.54, 1.807) is 12.4 Å². The van der Waals surface area contributed by atoms with Crippen LogP contribution in [0.15, 0.2) is 23.0 Å². The number of aromatic nitrogens is 3. The van der Waals surface area contributed by atoms with Crippen molar-refractivity contribution in [2.75, 3.05) is 13.1 Å². The number of carbonyl (C=O) groups excluding carboxylic acids is 1. The number of hydrogen-bond donors (Lipinski definition) is 0. The molecule has 0 N–H and O–H groups in total. The number of likely N-dealkylation sites (tertiary alicyclic amines) is 1. The van der Waals surface area contributed by atoms with Gasteiger partial charge in [-0.15, -0.1) is 0 Å². The fourth-order valence-corrected chi connectivity index (χ4v) is 4.56. The molecule has 3 heterocycles. The number of amides is 1. The fraction of sp³-hybridized carbons (Fsp3) is 0.600. The predicted molar refractivity (Wildman–Crippen MR) is 96.7 cm³/mol. The Kier molecular flexibility index (Phi) is 4.29. The third-order valence-electron chi connectivity index (χ3n) is 5.92. The topological polar surface area (TPSA) is 72.1 Å². The van der Waals surface area contributed by atoms with E-state index in [-0.39, 0.29) is 11.3 Å². The zero-order valence-electron chi connectivity index (χ0n) is 15.7. The van der Waals surface area contributed by atoms with Gasteiger partial charge in [0, 0.05) is 31.9 Å². The second-order valence-corrected chi connectivity index (χ2v) is 8.23. The van der Waals surface area contributed by atoms with Crippen LogP contribution in [-0.4, -0.2) is 39.0 Å². The summed E-state index contributed by atoms with van der Waals surface area (Å²) in [4.78, 5) is 23.9. The molecule has 1 saturated heterocycles. The minimum Gasteiger partial charge on any atom is -0.339 e. The lowest BCUT2D eigenvalue weighted by atomic mass is 9.80. The monoisotopic (exact) mass is 354 g/mol. The number of pyridine rings is 1. The number of rotatable bonds is 4. The van der Waals surface area contributed by atoms with Gasteiger partial charge in [0.2, 0.25) is 5.89 Å². The zero-order chi connectivity index (χ0) is 18.3. The smallest absolute Gasteiger partial charge is 0.255 e. The second-order valence-electron chi connectivity index (χ2n) is 8.23. The Morgan fingerprint density at radius 1 is 1.46 bits per heavy atom. The molecule has 1 amide bonds. The van der Waals surface area contributed by atoms with Crippen LogP contribution in [0.5, 0.6) is 0 Å². The van der Waals surface area contributed by atoms with Gasteiger partial charge in [0.05, 0.1) is 11.0 Å². The normalized spacial score (nSPS) is 25.1. The van der Waals surface area contributed by atoms with E-state index >= 15 is 0 Å². The number of carbonyl (C=O) groups is 1. The largest absolute Gasteiger partial charge is 0.339 e. The predicted octanol–water partition coefficient (Wildman–Crippen LogP) is 3.17. The lowest BCUT2D eigenvalue weighted by Crippen LogP contribution is -2.35. The van der Waals surface area contributed by atoms with E-state index in [0.29, 0.717) is 29.8 Å². The van der Waals surface area contributed by atoms with Gasteiger partial charge in [-0.3, -0.25) is 9.78 Å². The molecule has 0 aromatic carbocycles. The van der Waals surface area contributed by atoms with Crippen LogP contribution in [-0.2, 0) is 11.8 Å². The van der Waals surface area contributed by atoms with Gasteiger partial charge in [0.15, 0.2) is 5.82 Å². The minimum absolute atomic E-state index is 0.0651. The lowest BCUT2D eigenvalue weighted by molar-refractivity contribution is 0.0776. The molecule has 2 aliphatic rings. The van der Waals surface area contributed by atoms with Crippen LogP contribution in [0.4, 0.5) is 0 Å². The zero-order valence-corrected chi connectivity index (χ0v) is 15.7. The molecule has 6 nitrogen and oxygen atoms in total. The molecule has 0 spiro atoms. The first-order chi connectivity index (χ1) is 12.5. The first-order valence-corrected chi connectivity index (χ1v) is 9.52. The van der Waals surface area contributed by atoms with Gasteiger partial charge in [-0.1, -0.05) is 25.4 Å². The molecule has 138 valence electrons. The second kappa shape index (κ2) is 6.49. The van der Waals surface area contributed by atoms with Crippen LogP contribution in [0.25, 0.3) is 0 Å². The molecule has 1 aliphatic heterocycles. The number of aryl methyl sites for hydroxylation is 1. The summed E-state index contributed by atoms with van der Waals surface area (Å²) in [5.74, 6) is 2.47. The van der Waals surface area contributed by atoms with Crippen LogP contribution in [0.3, 0.4) is 0 Å². The standard InChI is InChI=1S/C20H26N4O2/c1-13(2)9-17-22-19(23-26-17)20-7-4-5-15(20)11-24(12-20)18(25)16-10-21-8-6-14(16)3/h6,8,10,13,15H,4-5,7,9,11-12H2,1-3H3/t15-,20-/m1/s1. The Morgan fingerprint density at radius 3 is 3.08 bits per heavy atom. The molecule has 26 heavy (non-hydrogen) atoms. The van der Waals surface area contributed by atoms with E-state index in [1.165, 1.54) is 0 Å². The van der Waals surface area contributed by atoms with Gasteiger partial charge in [0.25, 0.3) is 5.91 Å². The molecule has 2 atom stereocenters. The quantitative estimate of drug-likeness (QED) is 0.843. The van der Waals surface area contributed by atoms with Crippen molar-refractivity contribution < 1.29 is 9.32 Å². The summed E-state index contributed by atoms with van der Waals surface area (Å²) in [7, 11) is 0. The highest BCUT2D eigenvalue weighted by Crippen LogP contribution is 2.49. The Balaban J connectivity index is 1.60. The molecule has 1 aliphatic carbocycles. The summed E-state index contributed by atoms with van der Waals surface area (Å²) in [6, 6.07) is 1.89. The summed E-state index contributed by atoms with van der Waals surface area (Å²) >= 11 is 0. The molecule has 6 heteroatoms. The van der Waals surface area contributed by atoms with Gasteiger partial charge in [-0.05, 0) is 43.2 Å². The highest BCUT2D eigenvalue weighted by atomic mass is 16.5. The first kappa shape index (κ1) is 17.2. The molecular formula is C20H26N4O2. The van der Waals surface area contributed by atoms with Crippen molar-refractivity contribution in [3.8, 4) is 0 Å². The number of nitrogens with zero attached hydrogens (tertiary/aromatic N) is 4. The highest BCUT2D eigenvalue weighted by molar-refractivity contribution is 5.95. The van der Waals surface area contributed by atoms with E-state index in [4.69, 9.17) is 9.51 Å². The molecule has 2 aromatic heterocycles. The average Bonchev–Trinajstić information content (AvgIpc) is 3.27. The molecular weight excluding hydrogens is 328 g/mol. The molecule has 2 aromatic rings. The maximum atomic E-state index is 13.0. The van der Waals surface area contributed by atoms with Crippen LogP contribution in [0, 0.1) is 18.8 Å². The SMILES string of the molecule is Cc1ccncc1C(=O)N1C[C@H]2CCC[C@@]2(c2noc(CC(C)C)n2)C1.